The maximum absolute atomic E-state index is 13.1. The Hall–Kier alpha value is -0.950. The van der Waals surface area contributed by atoms with E-state index in [1.54, 1.807) is 0 Å². The van der Waals surface area contributed by atoms with Crippen LogP contribution in [0.15, 0.2) is 0 Å². The first-order valence-electron chi connectivity index (χ1n) is 6.55. The quantitative estimate of drug-likeness (QED) is 0.254. The summed E-state index contributed by atoms with van der Waals surface area (Å²) in [5, 5.41) is 0. The van der Waals surface area contributed by atoms with Gasteiger partial charge in [0.1, 0.15) is 6.61 Å². The summed E-state index contributed by atoms with van der Waals surface area (Å²) in [7, 11) is -4.61. The summed E-state index contributed by atoms with van der Waals surface area (Å²) in [5.74, 6) is -0.982. The average molecular weight is 466 g/mol. The van der Waals surface area contributed by atoms with Crippen LogP contribution in [0, 0.1) is 0 Å². The van der Waals surface area contributed by atoms with Crippen molar-refractivity contribution in [2.75, 3.05) is 26.1 Å². The minimum absolute atomic E-state index is 0.114. The number of methoxy groups -OCH3 is 1. The third-order valence-corrected chi connectivity index (χ3v) is 3.23. The summed E-state index contributed by atoms with van der Waals surface area (Å²) in [6.45, 7) is -3.11. The zero-order chi connectivity index (χ0) is 22.7. The van der Waals surface area contributed by atoms with E-state index in [0.29, 0.717) is 0 Å². The van der Waals surface area contributed by atoms with Crippen LogP contribution < -0.4 is 0 Å². The molecule has 18 heteroatoms. The van der Waals surface area contributed by atoms with Crippen LogP contribution in [0.1, 0.15) is 6.42 Å². The van der Waals surface area contributed by atoms with E-state index in [9.17, 15) is 52.3 Å². The van der Waals surface area contributed by atoms with Gasteiger partial charge in [-0.15, -0.1) is 0 Å². The maximum atomic E-state index is 13.1. The predicted molar refractivity (Wildman–Crippen MR) is 65.8 cm³/mol. The van der Waals surface area contributed by atoms with Gasteiger partial charge in [0.2, 0.25) is 0 Å². The van der Waals surface area contributed by atoms with Crippen LogP contribution in [-0.2, 0) is 29.1 Å². The van der Waals surface area contributed by atoms with E-state index in [1.807, 2.05) is 4.74 Å². The Morgan fingerprint density at radius 2 is 1.21 bits per heavy atom. The lowest BCUT2D eigenvalue weighted by Gasteiger charge is -2.32. The Morgan fingerprint density at radius 3 is 1.64 bits per heavy atom. The Bertz CT molecular complexity index is 610. The van der Waals surface area contributed by atoms with Gasteiger partial charge in [0.25, 0.3) is 10.1 Å². The van der Waals surface area contributed by atoms with Gasteiger partial charge in [-0.1, -0.05) is 0 Å². The topological polar surface area (TPSA) is 91.3 Å². The van der Waals surface area contributed by atoms with Crippen molar-refractivity contribution in [3.8, 4) is 0 Å². The number of alkyl halides is 10. The van der Waals surface area contributed by atoms with E-state index in [-0.39, 0.29) is 7.11 Å². The van der Waals surface area contributed by atoms with Gasteiger partial charge in [0, 0.05) is 13.7 Å². The van der Waals surface area contributed by atoms with Crippen molar-refractivity contribution in [3.63, 3.8) is 0 Å². The van der Waals surface area contributed by atoms with Crippen LogP contribution in [0.25, 0.3) is 0 Å². The Balaban J connectivity index is 4.97. The first-order valence-corrected chi connectivity index (χ1v) is 8.16. The lowest BCUT2D eigenvalue weighted by molar-refractivity contribution is -0.544. The van der Waals surface area contributed by atoms with Gasteiger partial charge in [0.15, 0.2) is 0 Å². The molecule has 1 N–H and O–H groups in total. The van der Waals surface area contributed by atoms with Crippen molar-refractivity contribution in [3.05, 3.63) is 0 Å². The number of ether oxygens (including phenoxy) is 4. The minimum atomic E-state index is -6.69. The van der Waals surface area contributed by atoms with Gasteiger partial charge in [-0.2, -0.15) is 52.3 Å². The fourth-order valence-electron chi connectivity index (χ4n) is 1.21. The standard InChI is InChI=1S/C10H12F10O7S/c1-24-7(13,14)8(15,16)27-10(19,20)9(17,18)26-6(11,12)5-25-3-2-4-28(21,22)23/h2-5H2,1H3,(H,21,22,23). The molecule has 0 aliphatic rings. The van der Waals surface area contributed by atoms with Crippen LogP contribution in [0.3, 0.4) is 0 Å². The van der Waals surface area contributed by atoms with Gasteiger partial charge in [0.05, 0.1) is 5.75 Å². The van der Waals surface area contributed by atoms with Gasteiger partial charge in [-0.05, 0) is 6.42 Å². The maximum Gasteiger partial charge on any atom is 0.453 e. The van der Waals surface area contributed by atoms with E-state index in [0.717, 1.165) is 0 Å². The summed E-state index contributed by atoms with van der Waals surface area (Å²) in [6.07, 6.45) is -31.4. The van der Waals surface area contributed by atoms with Gasteiger partial charge >= 0.3 is 30.5 Å². The predicted octanol–water partition coefficient (Wildman–Crippen LogP) is 2.92. The molecular weight excluding hydrogens is 454 g/mol. The summed E-state index contributed by atoms with van der Waals surface area (Å²) >= 11 is 0. The second kappa shape index (κ2) is 8.82. The molecular formula is C10H12F10O7S. The molecule has 0 unspecified atom stereocenters. The van der Waals surface area contributed by atoms with E-state index in [2.05, 4.69) is 14.2 Å². The molecule has 0 aliphatic carbocycles. The van der Waals surface area contributed by atoms with E-state index >= 15 is 0 Å². The van der Waals surface area contributed by atoms with E-state index in [4.69, 9.17) is 4.55 Å². The van der Waals surface area contributed by atoms with Crippen LogP contribution >= 0.6 is 0 Å². The molecule has 0 saturated carbocycles. The molecule has 0 aromatic heterocycles. The first kappa shape index (κ1) is 27.0. The zero-order valence-electron chi connectivity index (χ0n) is 13.4. The van der Waals surface area contributed by atoms with Crippen molar-refractivity contribution in [2.24, 2.45) is 0 Å². The summed E-state index contributed by atoms with van der Waals surface area (Å²) in [4.78, 5) is 0. The van der Waals surface area contributed by atoms with Gasteiger partial charge in [-0.25, -0.2) is 9.47 Å². The Kier molecular flexibility index (Phi) is 8.52. The van der Waals surface area contributed by atoms with E-state index < -0.39 is 66.0 Å². The minimum Gasteiger partial charge on any atom is -0.372 e. The van der Waals surface area contributed by atoms with Crippen LogP contribution in [-0.4, -0.2) is 69.6 Å². The SMILES string of the molecule is COC(F)(F)C(F)(F)OC(F)(F)C(F)(F)OC(F)(F)COCCCS(=O)(=O)O. The molecule has 0 saturated heterocycles. The number of hydrogen-bond acceptors (Lipinski definition) is 6. The monoisotopic (exact) mass is 466 g/mol. The normalized spacial score (nSPS) is 15.1. The molecule has 0 aromatic rings. The van der Waals surface area contributed by atoms with Crippen molar-refractivity contribution in [2.45, 2.75) is 37.0 Å². The molecule has 7 nitrogen and oxygen atoms in total. The smallest absolute Gasteiger partial charge is 0.372 e. The molecule has 0 spiro atoms. The number of halogens is 10. The highest BCUT2D eigenvalue weighted by Crippen LogP contribution is 2.47. The first-order chi connectivity index (χ1) is 12.2. The molecule has 0 amide bonds. The number of rotatable bonds is 13. The summed E-state index contributed by atoms with van der Waals surface area (Å²) < 4.78 is 169. The van der Waals surface area contributed by atoms with Crippen LogP contribution in [0.2, 0.25) is 0 Å². The molecule has 0 aromatic carbocycles. The molecule has 170 valence electrons. The molecule has 0 atom stereocenters. The van der Waals surface area contributed by atoms with Crippen molar-refractivity contribution < 1.29 is 75.8 Å². The molecule has 0 bridgehead atoms. The van der Waals surface area contributed by atoms with Crippen molar-refractivity contribution >= 4 is 10.1 Å². The van der Waals surface area contributed by atoms with Gasteiger partial charge in [-0.3, -0.25) is 4.55 Å². The van der Waals surface area contributed by atoms with Crippen LogP contribution in [0.4, 0.5) is 43.9 Å². The molecule has 0 rings (SSSR count). The fraction of sp³-hybridized carbons (Fsp3) is 1.00. The third-order valence-electron chi connectivity index (χ3n) is 2.43. The highest BCUT2D eigenvalue weighted by Gasteiger charge is 2.72. The molecule has 0 fully saturated rings. The Labute approximate surface area is 150 Å². The molecule has 0 heterocycles. The van der Waals surface area contributed by atoms with Gasteiger partial charge < -0.3 is 9.47 Å². The molecule has 28 heavy (non-hydrogen) atoms. The molecule has 0 aliphatic heterocycles. The van der Waals surface area contributed by atoms with Crippen molar-refractivity contribution in [1.82, 2.24) is 0 Å². The second-order valence-electron chi connectivity index (χ2n) is 4.80. The largest absolute Gasteiger partial charge is 0.453 e. The summed E-state index contributed by atoms with van der Waals surface area (Å²) in [5.41, 5.74) is 0. The Morgan fingerprint density at radius 1 is 0.786 bits per heavy atom. The highest BCUT2D eigenvalue weighted by molar-refractivity contribution is 7.85. The zero-order valence-corrected chi connectivity index (χ0v) is 14.2. The average Bonchev–Trinajstić information content (AvgIpc) is 2.42. The lowest BCUT2D eigenvalue weighted by Crippen LogP contribution is -2.56. The van der Waals surface area contributed by atoms with Crippen LogP contribution in [0.5, 0.6) is 0 Å². The second-order valence-corrected chi connectivity index (χ2v) is 6.38. The fourth-order valence-corrected chi connectivity index (χ4v) is 1.69. The summed E-state index contributed by atoms with van der Waals surface area (Å²) in [6, 6.07) is 0. The lowest BCUT2D eigenvalue weighted by atomic mass is 10.5. The van der Waals surface area contributed by atoms with Crippen molar-refractivity contribution in [1.29, 1.82) is 0 Å². The number of hydrogen-bond donors (Lipinski definition) is 1. The molecule has 0 radical (unpaired) electrons. The van der Waals surface area contributed by atoms with E-state index in [1.165, 1.54) is 0 Å². The third kappa shape index (κ3) is 8.19. The highest BCUT2D eigenvalue weighted by atomic mass is 32.2.